The molecule has 1 aromatic carbocycles. The fourth-order valence-corrected chi connectivity index (χ4v) is 4.02. The molecule has 1 N–H and O–H groups in total. The molecule has 0 unspecified atom stereocenters. The number of rotatable bonds is 0. The van der Waals surface area contributed by atoms with Crippen LogP contribution in [0.15, 0.2) is 12.1 Å². The van der Waals surface area contributed by atoms with Gasteiger partial charge in [0.15, 0.2) is 0 Å². The Labute approximate surface area is 103 Å². The number of nitrogens with one attached hydrogen (secondary N) is 1. The van der Waals surface area contributed by atoms with Crippen LogP contribution in [0.2, 0.25) is 0 Å². The van der Waals surface area contributed by atoms with Gasteiger partial charge >= 0.3 is 0 Å². The smallest absolute Gasteiger partial charge is 0.0459 e. The molecule has 0 amide bonds. The molecule has 2 heteroatoms. The second-order valence-corrected chi connectivity index (χ2v) is 5.84. The van der Waals surface area contributed by atoms with Crippen LogP contribution in [0.25, 0.3) is 0 Å². The van der Waals surface area contributed by atoms with Crippen molar-refractivity contribution >= 4 is 5.69 Å². The third kappa shape index (κ3) is 1.30. The lowest BCUT2D eigenvalue weighted by molar-refractivity contribution is 0.429. The Morgan fingerprint density at radius 3 is 3.00 bits per heavy atom. The van der Waals surface area contributed by atoms with E-state index in [1.807, 2.05) is 0 Å². The van der Waals surface area contributed by atoms with Crippen LogP contribution in [0.4, 0.5) is 5.69 Å². The zero-order valence-electron chi connectivity index (χ0n) is 10.5. The Bertz CT molecular complexity index is 466. The average Bonchev–Trinajstić information content (AvgIpc) is 2.91. The average molecular weight is 228 g/mol. The van der Waals surface area contributed by atoms with E-state index >= 15 is 0 Å². The first kappa shape index (κ1) is 9.95. The zero-order valence-corrected chi connectivity index (χ0v) is 10.5. The Morgan fingerprint density at radius 1 is 1.18 bits per heavy atom. The van der Waals surface area contributed by atoms with E-state index < -0.39 is 0 Å². The van der Waals surface area contributed by atoms with E-state index in [1.54, 1.807) is 22.4 Å². The number of piperazine rings is 1. The minimum atomic E-state index is 0.655. The fourth-order valence-electron chi connectivity index (χ4n) is 4.02. The van der Waals surface area contributed by atoms with Crippen molar-refractivity contribution < 1.29 is 0 Å². The summed E-state index contributed by atoms with van der Waals surface area (Å²) >= 11 is 0. The summed E-state index contributed by atoms with van der Waals surface area (Å²) in [5.41, 5.74) is 6.53. The number of fused-ring (bicyclic) bond motifs is 5. The Balaban J connectivity index is 1.87. The SMILES string of the molecule is C[C@@H]1CNC[C@@H]2Cc3ccc4c(c3N21)CCC4. The zero-order chi connectivity index (χ0) is 11.4. The summed E-state index contributed by atoms with van der Waals surface area (Å²) in [5, 5.41) is 3.57. The first-order chi connectivity index (χ1) is 8.34. The first-order valence-corrected chi connectivity index (χ1v) is 6.97. The molecule has 0 aromatic heterocycles. The summed E-state index contributed by atoms with van der Waals surface area (Å²) < 4.78 is 0. The van der Waals surface area contributed by atoms with Gasteiger partial charge in [0.2, 0.25) is 0 Å². The van der Waals surface area contributed by atoms with Crippen molar-refractivity contribution in [3.63, 3.8) is 0 Å². The van der Waals surface area contributed by atoms with Gasteiger partial charge in [-0.25, -0.2) is 0 Å². The predicted molar refractivity (Wildman–Crippen MR) is 70.8 cm³/mol. The molecule has 2 aliphatic heterocycles. The molecule has 3 aliphatic rings. The van der Waals surface area contributed by atoms with E-state index in [1.165, 1.54) is 25.7 Å². The quantitative estimate of drug-likeness (QED) is 0.729. The van der Waals surface area contributed by atoms with Crippen molar-refractivity contribution in [2.75, 3.05) is 18.0 Å². The molecule has 2 atom stereocenters. The van der Waals surface area contributed by atoms with Crippen LogP contribution in [-0.2, 0) is 19.3 Å². The van der Waals surface area contributed by atoms with E-state index in [9.17, 15) is 0 Å². The molecule has 90 valence electrons. The number of hydrogen-bond acceptors (Lipinski definition) is 2. The van der Waals surface area contributed by atoms with Crippen LogP contribution in [0, 0.1) is 0 Å². The Kier molecular flexibility index (Phi) is 2.04. The van der Waals surface area contributed by atoms with Gasteiger partial charge in [-0.15, -0.1) is 0 Å². The van der Waals surface area contributed by atoms with Gasteiger partial charge in [-0.05, 0) is 49.3 Å². The largest absolute Gasteiger partial charge is 0.362 e. The van der Waals surface area contributed by atoms with Gasteiger partial charge in [0.25, 0.3) is 0 Å². The van der Waals surface area contributed by atoms with Crippen LogP contribution in [0.1, 0.15) is 30.0 Å². The van der Waals surface area contributed by atoms with E-state index in [0.717, 1.165) is 13.1 Å². The summed E-state index contributed by atoms with van der Waals surface area (Å²) in [6.45, 7) is 4.66. The Morgan fingerprint density at radius 2 is 2.06 bits per heavy atom. The second kappa shape index (κ2) is 3.49. The molecule has 1 aliphatic carbocycles. The highest BCUT2D eigenvalue weighted by atomic mass is 15.3. The summed E-state index contributed by atoms with van der Waals surface area (Å²) in [7, 11) is 0. The molecule has 0 bridgehead atoms. The maximum Gasteiger partial charge on any atom is 0.0459 e. The van der Waals surface area contributed by atoms with E-state index in [2.05, 4.69) is 29.3 Å². The molecule has 1 aromatic rings. The van der Waals surface area contributed by atoms with Crippen LogP contribution in [-0.4, -0.2) is 25.2 Å². The molecule has 0 spiro atoms. The van der Waals surface area contributed by atoms with Crippen LogP contribution in [0.3, 0.4) is 0 Å². The summed E-state index contributed by atoms with van der Waals surface area (Å²) in [6.07, 6.45) is 5.21. The van der Waals surface area contributed by atoms with Gasteiger partial charge in [-0.2, -0.15) is 0 Å². The highest BCUT2D eigenvalue weighted by molar-refractivity contribution is 5.68. The standard InChI is InChI=1S/C15H20N2/c1-10-8-16-9-13-7-12-6-5-11-3-2-4-14(11)15(12)17(10)13/h5-6,10,13,16H,2-4,7-9H2,1H3/t10-,13+/m1/s1. The van der Waals surface area contributed by atoms with Crippen molar-refractivity contribution in [2.24, 2.45) is 0 Å². The lowest BCUT2D eigenvalue weighted by atomic mass is 10.0. The number of nitrogens with zero attached hydrogens (tertiary/aromatic N) is 1. The van der Waals surface area contributed by atoms with Gasteiger partial charge in [0.05, 0.1) is 0 Å². The second-order valence-electron chi connectivity index (χ2n) is 5.84. The van der Waals surface area contributed by atoms with Gasteiger partial charge in [-0.1, -0.05) is 12.1 Å². The summed E-state index contributed by atoms with van der Waals surface area (Å²) in [5.74, 6) is 0. The van der Waals surface area contributed by atoms with Crippen molar-refractivity contribution in [1.29, 1.82) is 0 Å². The predicted octanol–water partition coefficient (Wildman–Crippen LogP) is 1.90. The lowest BCUT2D eigenvalue weighted by Gasteiger charge is -2.39. The number of hydrogen-bond donors (Lipinski definition) is 1. The summed E-state index contributed by atoms with van der Waals surface area (Å²) in [4.78, 5) is 2.72. The van der Waals surface area contributed by atoms with Crippen LogP contribution >= 0.6 is 0 Å². The van der Waals surface area contributed by atoms with Gasteiger partial charge in [0.1, 0.15) is 0 Å². The monoisotopic (exact) mass is 228 g/mol. The molecular weight excluding hydrogens is 208 g/mol. The molecule has 17 heavy (non-hydrogen) atoms. The normalized spacial score (nSPS) is 30.1. The topological polar surface area (TPSA) is 15.3 Å². The number of benzene rings is 1. The Hall–Kier alpha value is -1.02. The molecule has 2 nitrogen and oxygen atoms in total. The first-order valence-electron chi connectivity index (χ1n) is 6.97. The van der Waals surface area contributed by atoms with Crippen molar-refractivity contribution in [2.45, 2.75) is 44.7 Å². The van der Waals surface area contributed by atoms with Gasteiger partial charge in [-0.3, -0.25) is 0 Å². The summed E-state index contributed by atoms with van der Waals surface area (Å²) in [6, 6.07) is 6.14. The molecule has 1 fully saturated rings. The van der Waals surface area contributed by atoms with Crippen LogP contribution in [0.5, 0.6) is 0 Å². The van der Waals surface area contributed by atoms with Gasteiger partial charge < -0.3 is 10.2 Å². The minimum Gasteiger partial charge on any atom is -0.362 e. The number of anilines is 1. The van der Waals surface area contributed by atoms with E-state index in [-0.39, 0.29) is 0 Å². The maximum atomic E-state index is 3.57. The highest BCUT2D eigenvalue weighted by Gasteiger charge is 2.37. The van der Waals surface area contributed by atoms with E-state index in [4.69, 9.17) is 0 Å². The molecule has 0 radical (unpaired) electrons. The van der Waals surface area contributed by atoms with Gasteiger partial charge in [0, 0.05) is 30.9 Å². The van der Waals surface area contributed by atoms with Crippen molar-refractivity contribution in [3.05, 3.63) is 28.8 Å². The molecule has 1 saturated heterocycles. The fraction of sp³-hybridized carbons (Fsp3) is 0.600. The van der Waals surface area contributed by atoms with Crippen molar-refractivity contribution in [1.82, 2.24) is 5.32 Å². The third-order valence-electron chi connectivity index (χ3n) is 4.74. The van der Waals surface area contributed by atoms with Crippen molar-refractivity contribution in [3.8, 4) is 0 Å². The minimum absolute atomic E-state index is 0.655. The third-order valence-corrected chi connectivity index (χ3v) is 4.74. The lowest BCUT2D eigenvalue weighted by Crippen LogP contribution is -2.55. The van der Waals surface area contributed by atoms with E-state index in [0.29, 0.717) is 12.1 Å². The maximum absolute atomic E-state index is 3.57. The molecule has 2 heterocycles. The van der Waals surface area contributed by atoms with Crippen LogP contribution < -0.4 is 10.2 Å². The number of aryl methyl sites for hydroxylation is 1. The highest BCUT2D eigenvalue weighted by Crippen LogP contribution is 2.42. The molecular formula is C15H20N2. The molecule has 0 saturated carbocycles. The molecule has 4 rings (SSSR count).